The number of nitro benzene ring substituents is 1. The van der Waals surface area contributed by atoms with Crippen molar-refractivity contribution in [2.75, 3.05) is 0 Å². The van der Waals surface area contributed by atoms with Crippen LogP contribution in [0.4, 0.5) is 14.5 Å². The number of amides is 1. The zero-order valence-electron chi connectivity index (χ0n) is 13.5. The Kier molecular flexibility index (Phi) is 5.63. The third-order valence-electron chi connectivity index (χ3n) is 3.61. The first kappa shape index (κ1) is 18.3. The third-order valence-corrected chi connectivity index (χ3v) is 3.61. The number of nitrogens with one attached hydrogen (secondary N) is 1. The Morgan fingerprint density at radius 3 is 2.36 bits per heavy atom. The molecule has 0 heterocycles. The summed E-state index contributed by atoms with van der Waals surface area (Å²) in [6, 6.07) is 9.65. The first-order valence-corrected chi connectivity index (χ1v) is 7.38. The lowest BCUT2D eigenvalue weighted by molar-refractivity contribution is -0.385. The van der Waals surface area contributed by atoms with Gasteiger partial charge in [-0.1, -0.05) is 12.1 Å². The van der Waals surface area contributed by atoms with Gasteiger partial charge in [0.05, 0.1) is 11.0 Å². The molecular weight excluding hydrogens is 334 g/mol. The van der Waals surface area contributed by atoms with Crippen molar-refractivity contribution in [2.45, 2.75) is 26.5 Å². The zero-order valence-corrected chi connectivity index (χ0v) is 13.5. The molecule has 2 aromatic carbocycles. The predicted octanol–water partition coefficient (Wildman–Crippen LogP) is 4.00. The Morgan fingerprint density at radius 2 is 1.84 bits per heavy atom. The van der Waals surface area contributed by atoms with E-state index < -0.39 is 17.4 Å². The van der Waals surface area contributed by atoms with Crippen LogP contribution < -0.4 is 10.1 Å². The van der Waals surface area contributed by atoms with Gasteiger partial charge < -0.3 is 10.1 Å². The van der Waals surface area contributed by atoms with Gasteiger partial charge in [-0.25, -0.2) is 0 Å². The molecule has 1 amide bonds. The predicted molar refractivity (Wildman–Crippen MR) is 86.8 cm³/mol. The van der Waals surface area contributed by atoms with Crippen molar-refractivity contribution in [1.82, 2.24) is 5.32 Å². The molecule has 0 spiro atoms. The summed E-state index contributed by atoms with van der Waals surface area (Å²) in [5, 5.41) is 13.6. The summed E-state index contributed by atoms with van der Waals surface area (Å²) in [4.78, 5) is 22.6. The van der Waals surface area contributed by atoms with Crippen LogP contribution in [0.2, 0.25) is 0 Å². The van der Waals surface area contributed by atoms with Crippen LogP contribution in [-0.2, 0) is 0 Å². The van der Waals surface area contributed by atoms with E-state index in [1.54, 1.807) is 26.0 Å². The van der Waals surface area contributed by atoms with Crippen molar-refractivity contribution in [2.24, 2.45) is 0 Å². The lowest BCUT2D eigenvalue weighted by Gasteiger charge is -2.15. The molecule has 1 unspecified atom stereocenters. The minimum Gasteiger partial charge on any atom is -0.435 e. The van der Waals surface area contributed by atoms with Crippen LogP contribution >= 0.6 is 0 Å². The highest BCUT2D eigenvalue weighted by molar-refractivity contribution is 5.95. The highest BCUT2D eigenvalue weighted by Crippen LogP contribution is 2.21. The summed E-state index contributed by atoms with van der Waals surface area (Å²) in [6.45, 7) is 0.396. The number of nitrogens with zero attached hydrogens (tertiary/aromatic N) is 1. The summed E-state index contributed by atoms with van der Waals surface area (Å²) in [7, 11) is 0. The van der Waals surface area contributed by atoms with E-state index in [0.29, 0.717) is 16.7 Å². The van der Waals surface area contributed by atoms with E-state index in [1.165, 1.54) is 30.3 Å². The molecule has 1 atom stereocenters. The molecule has 0 radical (unpaired) electrons. The fraction of sp³-hybridized carbons (Fsp3) is 0.235. The molecular formula is C17H16F2N2O4. The lowest BCUT2D eigenvalue weighted by Crippen LogP contribution is -2.26. The van der Waals surface area contributed by atoms with Crippen LogP contribution in [0.5, 0.6) is 5.75 Å². The Bertz CT molecular complexity index is 779. The molecule has 8 heteroatoms. The first-order valence-electron chi connectivity index (χ1n) is 7.38. The molecule has 132 valence electrons. The topological polar surface area (TPSA) is 81.5 Å². The van der Waals surface area contributed by atoms with Crippen molar-refractivity contribution in [3.63, 3.8) is 0 Å². The Hall–Kier alpha value is -3.03. The van der Waals surface area contributed by atoms with Crippen LogP contribution in [0.25, 0.3) is 0 Å². The van der Waals surface area contributed by atoms with Crippen LogP contribution in [0.3, 0.4) is 0 Å². The Morgan fingerprint density at radius 1 is 1.20 bits per heavy atom. The average Bonchev–Trinajstić information content (AvgIpc) is 2.54. The van der Waals surface area contributed by atoms with Crippen molar-refractivity contribution in [1.29, 1.82) is 0 Å². The molecule has 2 aromatic rings. The molecule has 0 aliphatic rings. The minimum absolute atomic E-state index is 0.0308. The number of nitro groups is 1. The molecule has 0 bridgehead atoms. The van der Waals surface area contributed by atoms with Crippen LogP contribution in [-0.4, -0.2) is 17.4 Å². The van der Waals surface area contributed by atoms with Gasteiger partial charge in [0.2, 0.25) is 0 Å². The van der Waals surface area contributed by atoms with E-state index in [4.69, 9.17) is 0 Å². The van der Waals surface area contributed by atoms with Gasteiger partial charge in [0, 0.05) is 17.2 Å². The number of benzene rings is 2. The Balaban J connectivity index is 2.07. The van der Waals surface area contributed by atoms with E-state index in [0.717, 1.165) is 0 Å². The molecule has 0 aliphatic carbocycles. The fourth-order valence-corrected chi connectivity index (χ4v) is 2.30. The number of halogens is 2. The third kappa shape index (κ3) is 4.72. The van der Waals surface area contributed by atoms with E-state index in [9.17, 15) is 23.7 Å². The van der Waals surface area contributed by atoms with E-state index in [1.807, 2.05) is 0 Å². The van der Waals surface area contributed by atoms with Gasteiger partial charge >= 0.3 is 6.61 Å². The second-order valence-electron chi connectivity index (χ2n) is 5.40. The number of hydrogen-bond acceptors (Lipinski definition) is 4. The maximum atomic E-state index is 12.3. The van der Waals surface area contributed by atoms with Crippen molar-refractivity contribution < 1.29 is 23.2 Å². The van der Waals surface area contributed by atoms with Crippen molar-refractivity contribution in [3.05, 3.63) is 69.3 Å². The molecule has 0 saturated heterocycles. The Labute approximate surface area is 142 Å². The minimum atomic E-state index is -2.90. The maximum absolute atomic E-state index is 12.3. The number of hydrogen-bond donors (Lipinski definition) is 1. The SMILES string of the molecule is Cc1cc(C(=O)NC(C)c2ccc(OC(F)F)cc2)ccc1[N+](=O)[O-]. The number of aryl methyl sites for hydroxylation is 1. The number of ether oxygens (including phenoxy) is 1. The average molecular weight is 350 g/mol. The lowest BCUT2D eigenvalue weighted by atomic mass is 10.1. The van der Waals surface area contributed by atoms with Crippen LogP contribution in [0.15, 0.2) is 42.5 Å². The van der Waals surface area contributed by atoms with E-state index >= 15 is 0 Å². The van der Waals surface area contributed by atoms with E-state index in [-0.39, 0.29) is 17.5 Å². The van der Waals surface area contributed by atoms with Gasteiger partial charge in [-0.2, -0.15) is 8.78 Å². The summed E-state index contributed by atoms with van der Waals surface area (Å²) >= 11 is 0. The first-order chi connectivity index (χ1) is 11.8. The van der Waals surface area contributed by atoms with Gasteiger partial charge in [-0.15, -0.1) is 0 Å². The van der Waals surface area contributed by atoms with Gasteiger partial charge in [-0.3, -0.25) is 14.9 Å². The molecule has 25 heavy (non-hydrogen) atoms. The van der Waals surface area contributed by atoms with Gasteiger partial charge in [0.25, 0.3) is 11.6 Å². The second-order valence-corrected chi connectivity index (χ2v) is 5.40. The van der Waals surface area contributed by atoms with Crippen molar-refractivity contribution >= 4 is 11.6 Å². The fourth-order valence-electron chi connectivity index (χ4n) is 2.30. The smallest absolute Gasteiger partial charge is 0.387 e. The molecule has 0 aromatic heterocycles. The summed E-state index contributed by atoms with van der Waals surface area (Å²) in [5.74, 6) is -0.360. The van der Waals surface area contributed by atoms with Gasteiger partial charge in [0.1, 0.15) is 5.75 Å². The maximum Gasteiger partial charge on any atom is 0.387 e. The molecule has 2 rings (SSSR count). The number of carbonyl (C=O) groups is 1. The van der Waals surface area contributed by atoms with Gasteiger partial charge in [0.15, 0.2) is 0 Å². The largest absolute Gasteiger partial charge is 0.435 e. The molecule has 6 nitrogen and oxygen atoms in total. The van der Waals surface area contributed by atoms with E-state index in [2.05, 4.69) is 10.1 Å². The van der Waals surface area contributed by atoms with Crippen LogP contribution in [0.1, 0.15) is 34.5 Å². The summed E-state index contributed by atoms with van der Waals surface area (Å²) < 4.78 is 28.5. The quantitative estimate of drug-likeness (QED) is 0.631. The number of carbonyl (C=O) groups excluding carboxylic acids is 1. The summed E-state index contributed by atoms with van der Waals surface area (Å²) in [6.07, 6.45) is 0. The number of rotatable bonds is 6. The highest BCUT2D eigenvalue weighted by atomic mass is 19.3. The summed E-state index contributed by atoms with van der Waals surface area (Å²) in [5.41, 5.74) is 1.33. The second kappa shape index (κ2) is 7.69. The monoisotopic (exact) mass is 350 g/mol. The molecule has 0 saturated carbocycles. The van der Waals surface area contributed by atoms with Crippen LogP contribution in [0, 0.1) is 17.0 Å². The molecule has 0 aliphatic heterocycles. The molecule has 1 N–H and O–H groups in total. The molecule has 0 fully saturated rings. The number of alkyl halides is 2. The highest BCUT2D eigenvalue weighted by Gasteiger charge is 2.16. The standard InChI is InChI=1S/C17H16F2N2O4/c1-10-9-13(5-8-15(10)21(23)24)16(22)20-11(2)12-3-6-14(7-4-12)25-17(18)19/h3-9,11,17H,1-2H3,(H,20,22). The van der Waals surface area contributed by atoms with Crippen molar-refractivity contribution in [3.8, 4) is 5.75 Å². The normalized spacial score (nSPS) is 11.9. The van der Waals surface area contributed by atoms with Gasteiger partial charge in [-0.05, 0) is 43.7 Å². The zero-order chi connectivity index (χ0) is 18.6.